The van der Waals surface area contributed by atoms with Gasteiger partial charge in [-0.3, -0.25) is 9.69 Å². The van der Waals surface area contributed by atoms with E-state index < -0.39 is 0 Å². The number of carbonyl (C=O) groups is 1. The van der Waals surface area contributed by atoms with Crippen LogP contribution in [0.15, 0.2) is 36.4 Å². The van der Waals surface area contributed by atoms with Crippen molar-refractivity contribution in [2.24, 2.45) is 0 Å². The number of thiazole rings is 1. The predicted molar refractivity (Wildman–Crippen MR) is 127 cm³/mol. The molecule has 7 nitrogen and oxygen atoms in total. The summed E-state index contributed by atoms with van der Waals surface area (Å²) in [5.41, 5.74) is 1.77. The second-order valence-corrected chi connectivity index (χ2v) is 8.50. The van der Waals surface area contributed by atoms with Crippen LogP contribution in [0.3, 0.4) is 0 Å². The molecule has 0 saturated heterocycles. The van der Waals surface area contributed by atoms with E-state index in [4.69, 9.17) is 19.2 Å². The third-order valence-electron chi connectivity index (χ3n) is 5.52. The molecule has 0 fully saturated rings. The van der Waals surface area contributed by atoms with Gasteiger partial charge in [0.2, 0.25) is 12.7 Å². The molecule has 0 unspecified atom stereocenters. The highest BCUT2D eigenvalue weighted by molar-refractivity contribution is 7.22. The van der Waals surface area contributed by atoms with Gasteiger partial charge in [0.05, 0.1) is 23.2 Å². The maximum Gasteiger partial charge on any atom is 0.233 e. The molecule has 32 heavy (non-hydrogen) atoms. The third kappa shape index (κ3) is 4.97. The first-order valence-corrected chi connectivity index (χ1v) is 11.9. The molecule has 0 aliphatic carbocycles. The molecule has 0 bridgehead atoms. The van der Waals surface area contributed by atoms with Gasteiger partial charge in [-0.05, 0) is 55.9 Å². The van der Waals surface area contributed by atoms with Gasteiger partial charge in [0, 0.05) is 13.1 Å². The Morgan fingerprint density at radius 2 is 1.88 bits per heavy atom. The number of carbonyl (C=O) groups excluding carboxylic acids is 1. The van der Waals surface area contributed by atoms with E-state index in [1.54, 1.807) is 0 Å². The third-order valence-corrected chi connectivity index (χ3v) is 6.56. The van der Waals surface area contributed by atoms with E-state index in [2.05, 4.69) is 18.7 Å². The lowest BCUT2D eigenvalue weighted by molar-refractivity contribution is -0.118. The SMILES string of the molecule is CCOc1ccc2nc(N(CCN(CC)CC)C(=O)Cc3ccc4c(c3)OCO4)sc2c1. The summed E-state index contributed by atoms with van der Waals surface area (Å²) in [6.45, 7) is 10.3. The lowest BCUT2D eigenvalue weighted by Crippen LogP contribution is -2.39. The van der Waals surface area contributed by atoms with Crippen molar-refractivity contribution in [2.75, 3.05) is 44.5 Å². The summed E-state index contributed by atoms with van der Waals surface area (Å²) in [5, 5.41) is 0.714. The van der Waals surface area contributed by atoms with Gasteiger partial charge in [0.25, 0.3) is 0 Å². The fourth-order valence-corrected chi connectivity index (χ4v) is 4.73. The molecule has 4 rings (SSSR count). The van der Waals surface area contributed by atoms with Crippen LogP contribution in [-0.2, 0) is 11.2 Å². The molecule has 170 valence electrons. The van der Waals surface area contributed by atoms with E-state index in [1.165, 1.54) is 11.3 Å². The summed E-state index contributed by atoms with van der Waals surface area (Å²) in [7, 11) is 0. The Morgan fingerprint density at radius 1 is 1.06 bits per heavy atom. The number of likely N-dealkylation sites (N-methyl/N-ethyl adjacent to an activating group) is 1. The number of nitrogens with zero attached hydrogens (tertiary/aromatic N) is 3. The van der Waals surface area contributed by atoms with Crippen molar-refractivity contribution < 1.29 is 19.0 Å². The number of amides is 1. The Balaban J connectivity index is 1.58. The summed E-state index contributed by atoms with van der Waals surface area (Å²) < 4.78 is 17.5. The summed E-state index contributed by atoms with van der Waals surface area (Å²) in [4.78, 5) is 22.3. The summed E-state index contributed by atoms with van der Waals surface area (Å²) in [6.07, 6.45) is 0.273. The van der Waals surface area contributed by atoms with E-state index in [1.807, 2.05) is 48.2 Å². The summed E-state index contributed by atoms with van der Waals surface area (Å²) >= 11 is 1.52. The van der Waals surface area contributed by atoms with Crippen molar-refractivity contribution in [1.29, 1.82) is 0 Å². The molecular weight excluding hydrogens is 426 g/mol. The number of rotatable bonds is 10. The van der Waals surface area contributed by atoms with E-state index in [9.17, 15) is 4.79 Å². The Morgan fingerprint density at radius 3 is 2.66 bits per heavy atom. The zero-order valence-corrected chi connectivity index (χ0v) is 19.6. The highest BCUT2D eigenvalue weighted by atomic mass is 32.1. The second-order valence-electron chi connectivity index (χ2n) is 7.50. The number of fused-ring (bicyclic) bond motifs is 2. The van der Waals surface area contributed by atoms with Crippen molar-refractivity contribution >= 4 is 32.6 Å². The van der Waals surface area contributed by atoms with Crippen molar-refractivity contribution in [2.45, 2.75) is 27.2 Å². The molecule has 0 spiro atoms. The first-order valence-electron chi connectivity index (χ1n) is 11.1. The molecule has 0 N–H and O–H groups in total. The van der Waals surface area contributed by atoms with Crippen LogP contribution in [0.5, 0.6) is 17.2 Å². The van der Waals surface area contributed by atoms with Crippen LogP contribution < -0.4 is 19.1 Å². The number of hydrogen-bond donors (Lipinski definition) is 0. The molecular formula is C24H29N3O4S. The first kappa shape index (κ1) is 22.4. The number of anilines is 1. The molecule has 3 aromatic rings. The van der Waals surface area contributed by atoms with Crippen LogP contribution in [0.1, 0.15) is 26.3 Å². The van der Waals surface area contributed by atoms with Crippen LogP contribution in [0.2, 0.25) is 0 Å². The van der Waals surface area contributed by atoms with E-state index in [0.717, 1.165) is 46.9 Å². The summed E-state index contributed by atoms with van der Waals surface area (Å²) in [5.74, 6) is 2.24. The van der Waals surface area contributed by atoms with Crippen LogP contribution in [0, 0.1) is 0 Å². The maximum absolute atomic E-state index is 13.4. The topological polar surface area (TPSA) is 64.1 Å². The highest BCUT2D eigenvalue weighted by Gasteiger charge is 2.22. The molecule has 8 heteroatoms. The number of hydrogen-bond acceptors (Lipinski definition) is 7. The zero-order chi connectivity index (χ0) is 22.5. The minimum absolute atomic E-state index is 0.0140. The van der Waals surface area contributed by atoms with E-state index >= 15 is 0 Å². The van der Waals surface area contributed by atoms with Gasteiger partial charge in [-0.2, -0.15) is 0 Å². The number of ether oxygens (including phenoxy) is 3. The largest absolute Gasteiger partial charge is 0.494 e. The molecule has 2 heterocycles. The first-order chi connectivity index (χ1) is 15.6. The molecule has 1 aliphatic rings. The maximum atomic E-state index is 13.4. The fraction of sp³-hybridized carbons (Fsp3) is 0.417. The zero-order valence-electron chi connectivity index (χ0n) is 18.8. The quantitative estimate of drug-likeness (QED) is 0.453. The van der Waals surface area contributed by atoms with Gasteiger partial charge < -0.3 is 19.1 Å². The van der Waals surface area contributed by atoms with Crippen molar-refractivity contribution in [3.8, 4) is 17.2 Å². The average molecular weight is 456 g/mol. The Bertz CT molecular complexity index is 1080. The lowest BCUT2D eigenvalue weighted by Gasteiger charge is -2.24. The smallest absolute Gasteiger partial charge is 0.233 e. The van der Waals surface area contributed by atoms with Crippen LogP contribution in [0.4, 0.5) is 5.13 Å². The predicted octanol–water partition coefficient (Wildman–Crippen LogP) is 4.34. The molecule has 0 saturated carbocycles. The Kier molecular flexibility index (Phi) is 7.12. The Labute approximate surface area is 192 Å². The highest BCUT2D eigenvalue weighted by Crippen LogP contribution is 2.34. The van der Waals surface area contributed by atoms with Crippen LogP contribution in [-0.4, -0.2) is 55.4 Å². The monoisotopic (exact) mass is 455 g/mol. The fourth-order valence-electron chi connectivity index (χ4n) is 3.69. The van der Waals surface area contributed by atoms with Crippen LogP contribution in [0.25, 0.3) is 10.2 Å². The number of benzene rings is 2. The molecule has 0 atom stereocenters. The Hall–Kier alpha value is -2.84. The molecule has 2 aromatic carbocycles. The van der Waals surface area contributed by atoms with Crippen molar-refractivity contribution in [1.82, 2.24) is 9.88 Å². The van der Waals surface area contributed by atoms with Crippen molar-refractivity contribution in [3.05, 3.63) is 42.0 Å². The minimum Gasteiger partial charge on any atom is -0.494 e. The second kappa shape index (κ2) is 10.2. The van der Waals surface area contributed by atoms with Gasteiger partial charge >= 0.3 is 0 Å². The lowest BCUT2D eigenvalue weighted by atomic mass is 10.1. The number of aromatic nitrogens is 1. The van der Waals surface area contributed by atoms with Crippen LogP contribution >= 0.6 is 11.3 Å². The van der Waals surface area contributed by atoms with Gasteiger partial charge in [-0.25, -0.2) is 4.98 Å². The van der Waals surface area contributed by atoms with Crippen molar-refractivity contribution in [3.63, 3.8) is 0 Å². The molecule has 1 aromatic heterocycles. The van der Waals surface area contributed by atoms with Gasteiger partial charge in [-0.15, -0.1) is 0 Å². The standard InChI is InChI=1S/C24H29N3O4S/c1-4-26(5-2)11-12-27(23(28)14-17-7-10-20-21(13-17)31-16-30-20)24-25-19-9-8-18(29-6-3)15-22(19)32-24/h7-10,13,15H,4-6,11-12,14,16H2,1-3H3. The van der Waals surface area contributed by atoms with Gasteiger partial charge in [0.15, 0.2) is 16.6 Å². The average Bonchev–Trinajstić information content (AvgIpc) is 3.43. The molecule has 1 amide bonds. The summed E-state index contributed by atoms with van der Waals surface area (Å²) in [6, 6.07) is 11.5. The van der Waals surface area contributed by atoms with Gasteiger partial charge in [-0.1, -0.05) is 31.3 Å². The van der Waals surface area contributed by atoms with Gasteiger partial charge in [0.1, 0.15) is 5.75 Å². The van der Waals surface area contributed by atoms with E-state index in [-0.39, 0.29) is 19.1 Å². The normalized spacial score (nSPS) is 12.5. The molecule has 0 radical (unpaired) electrons. The van der Waals surface area contributed by atoms with E-state index in [0.29, 0.717) is 24.0 Å². The molecule has 1 aliphatic heterocycles. The minimum atomic E-state index is 0.0140.